The van der Waals surface area contributed by atoms with Gasteiger partial charge >= 0.3 is 0 Å². The van der Waals surface area contributed by atoms with E-state index in [1.807, 2.05) is 25.1 Å². The van der Waals surface area contributed by atoms with E-state index in [0.717, 1.165) is 21.2 Å². The van der Waals surface area contributed by atoms with E-state index in [-0.39, 0.29) is 17.6 Å². The number of hydrogen-bond donors (Lipinski definition) is 2. The molecule has 3 nitrogen and oxygen atoms in total. The van der Waals surface area contributed by atoms with E-state index in [1.165, 1.54) is 13.2 Å². The molecule has 0 saturated heterocycles. The molecule has 1 unspecified atom stereocenters. The van der Waals surface area contributed by atoms with Gasteiger partial charge in [-0.2, -0.15) is 0 Å². The third kappa shape index (κ3) is 4.03. The number of hydrogen-bond acceptors (Lipinski definition) is 3. The van der Waals surface area contributed by atoms with Crippen molar-refractivity contribution in [2.24, 2.45) is 5.84 Å². The van der Waals surface area contributed by atoms with Gasteiger partial charge in [0.05, 0.1) is 13.2 Å². The Morgan fingerprint density at radius 2 is 2.05 bits per heavy atom. The van der Waals surface area contributed by atoms with Gasteiger partial charge in [-0.3, -0.25) is 11.3 Å². The molecule has 0 aromatic heterocycles. The third-order valence-electron chi connectivity index (χ3n) is 3.32. The standard InChI is InChI=1S/C16H18BrFN2O/c1-10-5-12(9-13(17)6-10)15(20-19)8-11-3-4-16(21-2)14(18)7-11/h3-7,9,15,20H,8,19H2,1-2H3. The molecule has 0 spiro atoms. The molecule has 1 atom stereocenters. The fourth-order valence-corrected chi connectivity index (χ4v) is 2.94. The third-order valence-corrected chi connectivity index (χ3v) is 3.78. The highest BCUT2D eigenvalue weighted by Gasteiger charge is 2.13. The van der Waals surface area contributed by atoms with Crippen LogP contribution in [0.25, 0.3) is 0 Å². The second-order valence-corrected chi connectivity index (χ2v) is 5.87. The molecule has 112 valence electrons. The summed E-state index contributed by atoms with van der Waals surface area (Å²) in [4.78, 5) is 0. The van der Waals surface area contributed by atoms with Gasteiger partial charge < -0.3 is 4.74 Å². The van der Waals surface area contributed by atoms with Crippen molar-refractivity contribution >= 4 is 15.9 Å². The van der Waals surface area contributed by atoms with Crippen LogP contribution in [0.3, 0.4) is 0 Å². The van der Waals surface area contributed by atoms with E-state index in [2.05, 4.69) is 27.4 Å². The zero-order chi connectivity index (χ0) is 15.4. The van der Waals surface area contributed by atoms with Gasteiger partial charge in [-0.05, 0) is 54.3 Å². The molecule has 5 heteroatoms. The first-order valence-electron chi connectivity index (χ1n) is 6.59. The van der Waals surface area contributed by atoms with Gasteiger partial charge in [0.2, 0.25) is 0 Å². The van der Waals surface area contributed by atoms with Gasteiger partial charge in [0.15, 0.2) is 11.6 Å². The maximum atomic E-state index is 13.8. The minimum absolute atomic E-state index is 0.0889. The first-order valence-corrected chi connectivity index (χ1v) is 7.38. The molecular weight excluding hydrogens is 335 g/mol. The van der Waals surface area contributed by atoms with Crippen molar-refractivity contribution in [2.45, 2.75) is 19.4 Å². The predicted molar refractivity (Wildman–Crippen MR) is 85.6 cm³/mol. The lowest BCUT2D eigenvalue weighted by atomic mass is 9.98. The molecule has 3 N–H and O–H groups in total. The Hall–Kier alpha value is -1.43. The summed E-state index contributed by atoms with van der Waals surface area (Å²) in [7, 11) is 1.45. The molecule has 2 aromatic carbocycles. The summed E-state index contributed by atoms with van der Waals surface area (Å²) < 4.78 is 19.7. The molecule has 2 rings (SSSR count). The summed E-state index contributed by atoms with van der Waals surface area (Å²) in [5.74, 6) is 5.54. The van der Waals surface area contributed by atoms with Crippen LogP contribution >= 0.6 is 15.9 Å². The van der Waals surface area contributed by atoms with Crippen molar-refractivity contribution in [3.8, 4) is 5.75 Å². The Morgan fingerprint density at radius 3 is 2.62 bits per heavy atom. The molecule has 21 heavy (non-hydrogen) atoms. The van der Waals surface area contributed by atoms with E-state index in [9.17, 15) is 4.39 Å². The van der Waals surface area contributed by atoms with Crippen molar-refractivity contribution in [3.05, 3.63) is 63.4 Å². The Bertz CT molecular complexity index is 613. The Labute approximate surface area is 132 Å². The van der Waals surface area contributed by atoms with Crippen molar-refractivity contribution in [1.29, 1.82) is 0 Å². The zero-order valence-corrected chi connectivity index (χ0v) is 13.6. The van der Waals surface area contributed by atoms with Crippen LogP contribution in [-0.2, 0) is 6.42 Å². The maximum Gasteiger partial charge on any atom is 0.165 e. The predicted octanol–water partition coefficient (Wildman–Crippen LogP) is 3.65. The summed E-state index contributed by atoms with van der Waals surface area (Å²) >= 11 is 3.48. The molecule has 0 saturated carbocycles. The largest absolute Gasteiger partial charge is 0.494 e. The van der Waals surface area contributed by atoms with E-state index < -0.39 is 0 Å². The topological polar surface area (TPSA) is 47.3 Å². The van der Waals surface area contributed by atoms with Crippen molar-refractivity contribution in [3.63, 3.8) is 0 Å². The molecule has 2 aromatic rings. The van der Waals surface area contributed by atoms with Crippen molar-refractivity contribution in [2.75, 3.05) is 7.11 Å². The first kappa shape index (κ1) is 15.9. The number of aryl methyl sites for hydroxylation is 1. The van der Waals surface area contributed by atoms with E-state index in [1.54, 1.807) is 6.07 Å². The molecule has 0 radical (unpaired) electrons. The number of hydrazine groups is 1. The SMILES string of the molecule is COc1ccc(CC(NN)c2cc(C)cc(Br)c2)cc1F. The molecule has 0 aliphatic heterocycles. The highest BCUT2D eigenvalue weighted by molar-refractivity contribution is 9.10. The molecule has 0 bridgehead atoms. The monoisotopic (exact) mass is 352 g/mol. The fourth-order valence-electron chi connectivity index (χ4n) is 2.31. The minimum atomic E-state index is -0.365. The Balaban J connectivity index is 2.24. The summed E-state index contributed by atoms with van der Waals surface area (Å²) in [5, 5.41) is 0. The summed E-state index contributed by atoms with van der Waals surface area (Å²) in [6.45, 7) is 2.02. The van der Waals surface area contributed by atoms with E-state index in [4.69, 9.17) is 10.6 Å². The second-order valence-electron chi connectivity index (χ2n) is 4.95. The summed E-state index contributed by atoms with van der Waals surface area (Å²) in [5.41, 5.74) is 5.85. The van der Waals surface area contributed by atoms with Crippen LogP contribution in [-0.4, -0.2) is 7.11 Å². The van der Waals surface area contributed by atoms with Gasteiger partial charge in [0.25, 0.3) is 0 Å². The normalized spacial score (nSPS) is 12.2. The zero-order valence-electron chi connectivity index (χ0n) is 12.0. The lowest BCUT2D eigenvalue weighted by Gasteiger charge is -2.18. The number of benzene rings is 2. The highest BCUT2D eigenvalue weighted by atomic mass is 79.9. The van der Waals surface area contributed by atoms with Gasteiger partial charge in [-0.1, -0.05) is 28.1 Å². The number of halogens is 2. The molecule has 0 aliphatic rings. The van der Waals surface area contributed by atoms with Crippen molar-refractivity contribution in [1.82, 2.24) is 5.43 Å². The first-order chi connectivity index (χ1) is 10.0. The van der Waals surface area contributed by atoms with Crippen LogP contribution in [0, 0.1) is 12.7 Å². The van der Waals surface area contributed by atoms with Crippen molar-refractivity contribution < 1.29 is 9.13 Å². The number of nitrogens with two attached hydrogens (primary N) is 1. The lowest BCUT2D eigenvalue weighted by Crippen LogP contribution is -2.29. The van der Waals surface area contributed by atoms with Gasteiger partial charge in [0, 0.05) is 4.47 Å². The lowest BCUT2D eigenvalue weighted by molar-refractivity contribution is 0.386. The molecule has 0 fully saturated rings. The van der Waals surface area contributed by atoms with Gasteiger partial charge in [0.1, 0.15) is 0 Å². The number of ether oxygens (including phenoxy) is 1. The van der Waals surface area contributed by atoms with Crippen LogP contribution in [0.5, 0.6) is 5.75 Å². The van der Waals surface area contributed by atoms with Gasteiger partial charge in [-0.15, -0.1) is 0 Å². The molecular formula is C16H18BrFN2O. The quantitative estimate of drug-likeness (QED) is 0.637. The average Bonchev–Trinajstić information content (AvgIpc) is 2.43. The van der Waals surface area contributed by atoms with Crippen LogP contribution in [0.15, 0.2) is 40.9 Å². The Morgan fingerprint density at radius 1 is 1.29 bits per heavy atom. The van der Waals surface area contributed by atoms with E-state index >= 15 is 0 Å². The summed E-state index contributed by atoms with van der Waals surface area (Å²) in [6.07, 6.45) is 0.591. The highest BCUT2D eigenvalue weighted by Crippen LogP contribution is 2.25. The van der Waals surface area contributed by atoms with Crippen LogP contribution < -0.4 is 16.0 Å². The maximum absolute atomic E-state index is 13.8. The smallest absolute Gasteiger partial charge is 0.165 e. The molecule has 0 amide bonds. The second kappa shape index (κ2) is 7.02. The van der Waals surface area contributed by atoms with Crippen LogP contribution in [0.4, 0.5) is 4.39 Å². The fraction of sp³-hybridized carbons (Fsp3) is 0.250. The van der Waals surface area contributed by atoms with E-state index in [0.29, 0.717) is 6.42 Å². The summed E-state index contributed by atoms with van der Waals surface area (Å²) in [6, 6.07) is 11.0. The van der Waals surface area contributed by atoms with Crippen LogP contribution in [0.1, 0.15) is 22.7 Å². The average molecular weight is 353 g/mol. The number of nitrogens with one attached hydrogen (secondary N) is 1. The molecule has 0 heterocycles. The van der Waals surface area contributed by atoms with Gasteiger partial charge in [-0.25, -0.2) is 4.39 Å². The number of methoxy groups -OCH3 is 1. The Kier molecular flexibility index (Phi) is 5.33. The molecule has 0 aliphatic carbocycles. The minimum Gasteiger partial charge on any atom is -0.494 e. The number of rotatable bonds is 5. The van der Waals surface area contributed by atoms with Crippen LogP contribution in [0.2, 0.25) is 0 Å².